The molecule has 0 aromatic carbocycles. The Labute approximate surface area is 30.5 Å². The summed E-state index contributed by atoms with van der Waals surface area (Å²) in [6, 6.07) is 0. The molecule has 0 spiro atoms. The Morgan fingerprint density at radius 1 is 1.50 bits per heavy atom. The van der Waals surface area contributed by atoms with Gasteiger partial charge >= 0.3 is 0 Å². The highest BCUT2D eigenvalue weighted by Gasteiger charge is 1.68. The average molecular weight is 71.7 g/mol. The predicted molar refractivity (Wildman–Crippen MR) is 29.9 cm³/mol. The van der Waals surface area contributed by atoms with E-state index in [-0.39, 0.29) is 0 Å². The zero-order valence-electron chi connectivity index (χ0n) is 3.45. The zero-order chi connectivity index (χ0) is 3.58. The van der Waals surface area contributed by atoms with E-state index in [0.29, 0.717) is 7.68 Å². The zero-order valence-corrected chi connectivity index (χ0v) is 4.34. The highest BCUT2D eigenvalue weighted by Crippen LogP contribution is 2.10. The first kappa shape index (κ1) is 4.56. The highest BCUT2D eigenvalue weighted by molar-refractivity contribution is 8.00. The number of rotatable bonds is 0. The van der Waals surface area contributed by atoms with E-state index in [1.54, 1.807) is 0 Å². The van der Waals surface area contributed by atoms with E-state index in [0.717, 1.165) is 0 Å². The van der Waals surface area contributed by atoms with E-state index in [1.807, 2.05) is 0 Å². The van der Waals surface area contributed by atoms with Gasteiger partial charge in [-0.05, 0) is 0 Å². The van der Waals surface area contributed by atoms with Crippen molar-refractivity contribution in [3.8, 4) is 0 Å². The van der Waals surface area contributed by atoms with Crippen molar-refractivity contribution >= 4 is 22.8 Å². The summed E-state index contributed by atoms with van der Waals surface area (Å²) >= 11 is 0. The minimum atomic E-state index is 0.380. The van der Waals surface area contributed by atoms with E-state index < -0.39 is 0 Å². The van der Waals surface area contributed by atoms with Crippen molar-refractivity contribution in [1.82, 2.24) is 0 Å². The van der Waals surface area contributed by atoms with Crippen molar-refractivity contribution in [2.24, 2.45) is 0 Å². The molecule has 0 N–H and O–H groups in total. The molecular weight excluding hydrogens is 64.6 g/mol. The van der Waals surface area contributed by atoms with Gasteiger partial charge in [0, 0.05) is 0 Å². The second-order valence-electron chi connectivity index (χ2n) is 1.34. The van der Waals surface area contributed by atoms with E-state index in [9.17, 15) is 0 Å². The van der Waals surface area contributed by atoms with Crippen LogP contribution in [0, 0.1) is 0 Å². The average Bonchev–Trinajstić information content (AvgIpc) is 0.811. The Morgan fingerprint density at radius 3 is 1.50 bits per heavy atom. The highest BCUT2D eigenvalue weighted by atomic mass is 31.1. The Kier molecular flexibility index (Phi) is 2.10. The molecule has 0 aliphatic heterocycles. The lowest BCUT2D eigenvalue weighted by atomic mass is 10.7. The van der Waals surface area contributed by atoms with Gasteiger partial charge in [-0.2, -0.15) is 7.68 Å². The molecule has 0 saturated heterocycles. The Hall–Kier alpha value is 0.560. The van der Waals surface area contributed by atoms with Crippen LogP contribution in [0.3, 0.4) is 0 Å². The van der Waals surface area contributed by atoms with Crippen molar-refractivity contribution < 1.29 is 0 Å². The van der Waals surface area contributed by atoms with Crippen molar-refractivity contribution in [3.05, 3.63) is 0 Å². The molecule has 0 bridgehead atoms. The van der Waals surface area contributed by atoms with E-state index in [1.165, 1.54) is 0 Å². The van der Waals surface area contributed by atoms with Gasteiger partial charge in [0.25, 0.3) is 0 Å². The summed E-state index contributed by atoms with van der Waals surface area (Å²) < 4.78 is 0. The largest absolute Gasteiger partial charge is 0.191 e. The second kappa shape index (κ2) is 1.84. The van der Waals surface area contributed by atoms with Crippen molar-refractivity contribution in [2.75, 3.05) is 6.66 Å². The van der Waals surface area contributed by atoms with Crippen LogP contribution in [0.5, 0.6) is 0 Å². The number of hydrogen-bond acceptors (Lipinski definition) is 0. The molecule has 3 heteroatoms. The van der Waals surface area contributed by atoms with Crippen LogP contribution in [0.25, 0.3) is 0 Å². The smallest absolute Gasteiger partial charge is 0.122 e. The van der Waals surface area contributed by atoms with Gasteiger partial charge in [0.1, 0.15) is 15.1 Å². The third kappa shape index (κ3) is 19.9. The summed E-state index contributed by atoms with van der Waals surface area (Å²) in [5, 5.41) is 0. The van der Waals surface area contributed by atoms with Crippen molar-refractivity contribution in [3.63, 3.8) is 0 Å². The fraction of sp³-hybridized carbons (Fsp3) is 1.00. The van der Waals surface area contributed by atoms with Crippen LogP contribution in [0.2, 0.25) is 0 Å². The van der Waals surface area contributed by atoms with Gasteiger partial charge < -0.3 is 0 Å². The number of hydrogen-bond donors (Lipinski definition) is 0. The first-order valence-electron chi connectivity index (χ1n) is 1.34. The minimum Gasteiger partial charge on any atom is -0.191 e. The molecule has 0 fully saturated rings. The van der Waals surface area contributed by atoms with Crippen molar-refractivity contribution in [2.45, 2.75) is 0 Å². The maximum Gasteiger partial charge on any atom is 0.122 e. The fourth-order valence-corrected chi connectivity index (χ4v) is 0. The lowest BCUT2D eigenvalue weighted by Gasteiger charge is -1.80. The molecular formula is CH7B2P. The first-order chi connectivity index (χ1) is 1.73. The Balaban J connectivity index is 2.32. The minimum absolute atomic E-state index is 0.380. The third-order valence-electron chi connectivity index (χ3n) is 0. The first-order valence-corrected chi connectivity index (χ1v) is 4.02. The van der Waals surface area contributed by atoms with Crippen LogP contribution in [0.1, 0.15) is 0 Å². The summed E-state index contributed by atoms with van der Waals surface area (Å²) in [6.07, 6.45) is 0. The normalized spacial score (nSPS) is 8.50. The summed E-state index contributed by atoms with van der Waals surface area (Å²) in [5.41, 5.74) is 0. The lowest BCUT2D eigenvalue weighted by molar-refractivity contribution is 2.49. The van der Waals surface area contributed by atoms with Crippen LogP contribution in [0.4, 0.5) is 0 Å². The molecule has 22 valence electrons. The topological polar surface area (TPSA) is 0 Å². The summed E-state index contributed by atoms with van der Waals surface area (Å²) in [4.78, 5) is 0. The SMILES string of the molecule is BP(B)C. The van der Waals surface area contributed by atoms with Gasteiger partial charge in [-0.3, -0.25) is 0 Å². The molecule has 0 aliphatic carbocycles. The van der Waals surface area contributed by atoms with Gasteiger partial charge in [-0.15, -0.1) is 0 Å². The van der Waals surface area contributed by atoms with Crippen LogP contribution in [-0.4, -0.2) is 21.8 Å². The van der Waals surface area contributed by atoms with Crippen LogP contribution in [0.15, 0.2) is 0 Å². The standard InChI is InChI=1S/CH7B2P/c1-4(2)3/h2-3H2,1H3. The van der Waals surface area contributed by atoms with Gasteiger partial charge in [-0.25, -0.2) is 0 Å². The van der Waals surface area contributed by atoms with Gasteiger partial charge in [-0.1, -0.05) is 6.66 Å². The molecule has 0 amide bonds. The fourth-order valence-electron chi connectivity index (χ4n) is 0. The quantitative estimate of drug-likeness (QED) is 0.259. The van der Waals surface area contributed by atoms with Crippen LogP contribution >= 0.6 is 7.68 Å². The van der Waals surface area contributed by atoms with E-state index >= 15 is 0 Å². The lowest BCUT2D eigenvalue weighted by Crippen LogP contribution is -1.56. The van der Waals surface area contributed by atoms with E-state index in [2.05, 4.69) is 21.8 Å². The molecule has 0 aromatic heterocycles. The predicted octanol–water partition coefficient (Wildman–Crippen LogP) is -0.806. The van der Waals surface area contributed by atoms with Crippen LogP contribution in [-0.2, 0) is 0 Å². The maximum atomic E-state index is 2.23. The second-order valence-corrected chi connectivity index (χ2v) is 4.02. The molecule has 0 heterocycles. The van der Waals surface area contributed by atoms with Gasteiger partial charge in [0.15, 0.2) is 0 Å². The molecule has 0 aliphatic rings. The maximum absolute atomic E-state index is 2.23. The third-order valence-corrected chi connectivity index (χ3v) is 0. The molecule has 0 unspecified atom stereocenters. The molecule has 0 atom stereocenters. The Bertz CT molecular complexity index is 10.8. The van der Waals surface area contributed by atoms with Gasteiger partial charge in [0.05, 0.1) is 0 Å². The van der Waals surface area contributed by atoms with Crippen molar-refractivity contribution in [1.29, 1.82) is 0 Å². The van der Waals surface area contributed by atoms with Gasteiger partial charge in [0.2, 0.25) is 0 Å². The summed E-state index contributed by atoms with van der Waals surface area (Å²) in [5.74, 6) is 0. The summed E-state index contributed by atoms with van der Waals surface area (Å²) in [7, 11) is 4.84. The summed E-state index contributed by atoms with van der Waals surface area (Å²) in [6.45, 7) is 2.23. The molecule has 4 heavy (non-hydrogen) atoms. The molecule has 0 aromatic rings. The van der Waals surface area contributed by atoms with Crippen LogP contribution < -0.4 is 0 Å². The molecule has 0 rings (SSSR count). The Morgan fingerprint density at radius 2 is 1.50 bits per heavy atom. The monoisotopic (exact) mass is 72.0 g/mol. The van der Waals surface area contributed by atoms with E-state index in [4.69, 9.17) is 0 Å². The molecule has 0 radical (unpaired) electrons. The molecule has 0 nitrogen and oxygen atoms in total. The molecule has 0 saturated carbocycles.